The van der Waals surface area contributed by atoms with Gasteiger partial charge >= 0.3 is 0 Å². The first kappa shape index (κ1) is 19.9. The molecule has 1 heterocycles. The predicted octanol–water partition coefficient (Wildman–Crippen LogP) is 4.16. The summed E-state index contributed by atoms with van der Waals surface area (Å²) in [4.78, 5) is 29.4. The molecule has 6 nitrogen and oxygen atoms in total. The normalized spacial score (nSPS) is 12.2. The van der Waals surface area contributed by atoms with Gasteiger partial charge < -0.3 is 15.2 Å². The maximum atomic E-state index is 12.6. The van der Waals surface area contributed by atoms with Gasteiger partial charge in [-0.15, -0.1) is 0 Å². The van der Waals surface area contributed by atoms with E-state index in [-0.39, 0.29) is 30.3 Å². The van der Waals surface area contributed by atoms with Gasteiger partial charge in [-0.25, -0.2) is 4.98 Å². The highest BCUT2D eigenvalue weighted by atomic mass is 35.5. The molecule has 2 aromatic carbocycles. The summed E-state index contributed by atoms with van der Waals surface area (Å²) >= 11 is 5.89. The van der Waals surface area contributed by atoms with E-state index >= 15 is 0 Å². The molecule has 0 fully saturated rings. The largest absolute Gasteiger partial charge is 0.346 e. The summed E-state index contributed by atoms with van der Waals surface area (Å²) in [5, 5.41) is 6.43. The highest BCUT2D eigenvalue weighted by Gasteiger charge is 2.21. The molecule has 0 spiro atoms. The van der Waals surface area contributed by atoms with Crippen molar-refractivity contribution in [3.05, 3.63) is 59.4 Å². The maximum absolute atomic E-state index is 12.6. The number of aromatic nitrogens is 2. The second kappa shape index (κ2) is 8.44. The highest BCUT2D eigenvalue weighted by molar-refractivity contribution is 6.30. The van der Waals surface area contributed by atoms with Crippen LogP contribution in [-0.4, -0.2) is 21.4 Å². The standard InChI is InChI=1S/C21H23ClN4O2/c1-13(2)21(28)23-14(3)20-25-17-6-4-5-7-18(17)26(20)12-19(27)24-16-10-8-15(22)9-11-16/h4-11,13-14H,12H2,1-3H3,(H,23,28)(H,24,27). The van der Waals surface area contributed by atoms with E-state index in [1.165, 1.54) is 0 Å². The van der Waals surface area contributed by atoms with Gasteiger partial charge in [0.05, 0.1) is 17.1 Å². The number of carbonyl (C=O) groups is 2. The molecule has 7 heteroatoms. The number of rotatable bonds is 6. The molecule has 1 aromatic heterocycles. The Hall–Kier alpha value is -2.86. The number of hydrogen-bond acceptors (Lipinski definition) is 3. The van der Waals surface area contributed by atoms with Crippen LogP contribution in [0.3, 0.4) is 0 Å². The highest BCUT2D eigenvalue weighted by Crippen LogP contribution is 2.21. The smallest absolute Gasteiger partial charge is 0.244 e. The van der Waals surface area contributed by atoms with Crippen molar-refractivity contribution in [2.75, 3.05) is 5.32 Å². The Morgan fingerprint density at radius 3 is 2.43 bits per heavy atom. The number of carbonyl (C=O) groups excluding carboxylic acids is 2. The molecule has 0 aliphatic carbocycles. The zero-order valence-corrected chi connectivity index (χ0v) is 16.8. The van der Waals surface area contributed by atoms with Crippen LogP contribution in [0.5, 0.6) is 0 Å². The van der Waals surface area contributed by atoms with E-state index in [0.717, 1.165) is 11.0 Å². The minimum atomic E-state index is -0.328. The zero-order valence-electron chi connectivity index (χ0n) is 16.1. The number of fused-ring (bicyclic) bond motifs is 1. The third kappa shape index (κ3) is 4.51. The van der Waals surface area contributed by atoms with Crippen LogP contribution in [0, 0.1) is 5.92 Å². The van der Waals surface area contributed by atoms with Crippen LogP contribution in [0.1, 0.15) is 32.6 Å². The molecule has 3 aromatic rings. The molecule has 0 saturated carbocycles. The molecule has 0 bridgehead atoms. The summed E-state index contributed by atoms with van der Waals surface area (Å²) in [6, 6.07) is 14.2. The number of imidazole rings is 1. The number of nitrogens with one attached hydrogen (secondary N) is 2. The first-order chi connectivity index (χ1) is 13.3. The van der Waals surface area contributed by atoms with Crippen LogP contribution in [-0.2, 0) is 16.1 Å². The van der Waals surface area contributed by atoms with Crippen molar-refractivity contribution in [2.24, 2.45) is 5.92 Å². The molecule has 0 aliphatic heterocycles. The van der Waals surface area contributed by atoms with Crippen molar-refractivity contribution >= 4 is 40.1 Å². The van der Waals surface area contributed by atoms with Crippen molar-refractivity contribution in [1.82, 2.24) is 14.9 Å². The van der Waals surface area contributed by atoms with Gasteiger partial charge in [-0.05, 0) is 43.3 Å². The molecule has 3 rings (SSSR count). The van der Waals surface area contributed by atoms with E-state index in [1.807, 2.05) is 49.6 Å². The molecule has 28 heavy (non-hydrogen) atoms. The average molecular weight is 399 g/mol. The van der Waals surface area contributed by atoms with Crippen LogP contribution in [0.15, 0.2) is 48.5 Å². The first-order valence-electron chi connectivity index (χ1n) is 9.16. The van der Waals surface area contributed by atoms with Crippen LogP contribution < -0.4 is 10.6 Å². The van der Waals surface area contributed by atoms with Gasteiger partial charge in [0.1, 0.15) is 12.4 Å². The SMILES string of the molecule is CC(C)C(=O)NC(C)c1nc2ccccc2n1CC(=O)Nc1ccc(Cl)cc1. The lowest BCUT2D eigenvalue weighted by atomic mass is 10.2. The fraction of sp³-hybridized carbons (Fsp3) is 0.286. The number of halogens is 1. The maximum Gasteiger partial charge on any atom is 0.244 e. The Balaban J connectivity index is 1.87. The van der Waals surface area contributed by atoms with Crippen LogP contribution in [0.4, 0.5) is 5.69 Å². The summed E-state index contributed by atoms with van der Waals surface area (Å²) in [6.45, 7) is 5.63. The number of amides is 2. The van der Waals surface area contributed by atoms with Gasteiger partial charge in [0.15, 0.2) is 0 Å². The van der Waals surface area contributed by atoms with Crippen LogP contribution in [0.25, 0.3) is 11.0 Å². The monoisotopic (exact) mass is 398 g/mol. The van der Waals surface area contributed by atoms with Crippen molar-refractivity contribution in [3.8, 4) is 0 Å². The molecular formula is C21H23ClN4O2. The fourth-order valence-corrected chi connectivity index (χ4v) is 3.04. The number of benzene rings is 2. The Bertz CT molecular complexity index is 995. The van der Waals surface area contributed by atoms with E-state index in [0.29, 0.717) is 16.5 Å². The molecule has 2 N–H and O–H groups in total. The molecule has 0 saturated heterocycles. The van der Waals surface area contributed by atoms with E-state index in [2.05, 4.69) is 15.6 Å². The molecule has 0 aliphatic rings. The van der Waals surface area contributed by atoms with Gasteiger partial charge in [-0.2, -0.15) is 0 Å². The van der Waals surface area contributed by atoms with Crippen molar-refractivity contribution in [2.45, 2.75) is 33.4 Å². The second-order valence-electron chi connectivity index (χ2n) is 6.98. The molecule has 1 atom stereocenters. The quantitative estimate of drug-likeness (QED) is 0.654. The van der Waals surface area contributed by atoms with Gasteiger partial charge in [0, 0.05) is 16.6 Å². The summed E-state index contributed by atoms with van der Waals surface area (Å²) in [6.07, 6.45) is 0. The molecular weight excluding hydrogens is 376 g/mol. The molecule has 0 radical (unpaired) electrons. The number of para-hydroxylation sites is 2. The van der Waals surface area contributed by atoms with Crippen LogP contribution in [0.2, 0.25) is 5.02 Å². The molecule has 2 amide bonds. The van der Waals surface area contributed by atoms with Crippen molar-refractivity contribution < 1.29 is 9.59 Å². The Kier molecular flexibility index (Phi) is 5.99. The third-order valence-electron chi connectivity index (χ3n) is 4.38. The van der Waals surface area contributed by atoms with Gasteiger partial charge in [0.25, 0.3) is 0 Å². The fourth-order valence-electron chi connectivity index (χ4n) is 2.91. The summed E-state index contributed by atoms with van der Waals surface area (Å²) in [5.41, 5.74) is 2.29. The van der Waals surface area contributed by atoms with E-state index in [4.69, 9.17) is 11.6 Å². The number of anilines is 1. The lowest BCUT2D eigenvalue weighted by molar-refractivity contribution is -0.124. The Morgan fingerprint density at radius 2 is 1.75 bits per heavy atom. The molecule has 1 unspecified atom stereocenters. The summed E-state index contributed by atoms with van der Waals surface area (Å²) < 4.78 is 1.84. The van der Waals surface area contributed by atoms with Gasteiger partial charge in [0.2, 0.25) is 11.8 Å². The topological polar surface area (TPSA) is 76.0 Å². The van der Waals surface area contributed by atoms with Crippen LogP contribution >= 0.6 is 11.6 Å². The lowest BCUT2D eigenvalue weighted by Gasteiger charge is -2.17. The number of nitrogens with zero attached hydrogens (tertiary/aromatic N) is 2. The van der Waals surface area contributed by atoms with E-state index in [1.54, 1.807) is 24.3 Å². The van der Waals surface area contributed by atoms with E-state index in [9.17, 15) is 9.59 Å². The predicted molar refractivity (Wildman–Crippen MR) is 111 cm³/mol. The van der Waals surface area contributed by atoms with Gasteiger partial charge in [-0.1, -0.05) is 37.6 Å². The zero-order chi connectivity index (χ0) is 20.3. The first-order valence-corrected chi connectivity index (χ1v) is 9.54. The summed E-state index contributed by atoms with van der Waals surface area (Å²) in [5.74, 6) is 0.265. The van der Waals surface area contributed by atoms with Gasteiger partial charge in [-0.3, -0.25) is 9.59 Å². The van der Waals surface area contributed by atoms with Crippen molar-refractivity contribution in [3.63, 3.8) is 0 Å². The number of hydrogen-bond donors (Lipinski definition) is 2. The Labute approximate surface area is 168 Å². The minimum absolute atomic E-state index is 0.0586. The third-order valence-corrected chi connectivity index (χ3v) is 4.64. The summed E-state index contributed by atoms with van der Waals surface area (Å²) in [7, 11) is 0. The average Bonchev–Trinajstić information content (AvgIpc) is 3.02. The second-order valence-corrected chi connectivity index (χ2v) is 7.42. The minimum Gasteiger partial charge on any atom is -0.346 e. The molecule has 146 valence electrons. The van der Waals surface area contributed by atoms with E-state index < -0.39 is 0 Å². The van der Waals surface area contributed by atoms with Crippen molar-refractivity contribution in [1.29, 1.82) is 0 Å². The Morgan fingerprint density at radius 1 is 1.07 bits per heavy atom. The lowest BCUT2D eigenvalue weighted by Crippen LogP contribution is -2.32.